The van der Waals surface area contributed by atoms with Crippen LogP contribution in [0.5, 0.6) is 0 Å². The maximum absolute atomic E-state index is 13.1. The van der Waals surface area contributed by atoms with Crippen LogP contribution in [0.1, 0.15) is 0 Å². The highest BCUT2D eigenvalue weighted by Crippen LogP contribution is 2.32. The summed E-state index contributed by atoms with van der Waals surface area (Å²) in [6, 6.07) is 2.60. The van der Waals surface area contributed by atoms with Gasteiger partial charge in [0.2, 0.25) is 5.82 Å². The average molecular weight is 266 g/mol. The highest BCUT2D eigenvalue weighted by Gasteiger charge is 2.20. The molecule has 70 valence electrons. The zero-order valence-corrected chi connectivity index (χ0v) is 8.99. The molecule has 1 aromatic rings. The van der Waals surface area contributed by atoms with Gasteiger partial charge in [-0.1, -0.05) is 15.9 Å². The van der Waals surface area contributed by atoms with Gasteiger partial charge in [-0.3, -0.25) is 10.1 Å². The number of thioether (sulfide) groups is 1. The van der Waals surface area contributed by atoms with Gasteiger partial charge >= 0.3 is 5.69 Å². The normalized spacial score (nSPS) is 10.1. The van der Waals surface area contributed by atoms with Gasteiger partial charge in [-0.15, -0.1) is 11.8 Å². The Morgan fingerprint density at radius 2 is 2.23 bits per heavy atom. The summed E-state index contributed by atoms with van der Waals surface area (Å²) in [6.45, 7) is 0. The third-order valence-corrected chi connectivity index (χ3v) is 2.60. The van der Waals surface area contributed by atoms with Gasteiger partial charge < -0.3 is 0 Å². The molecule has 13 heavy (non-hydrogen) atoms. The van der Waals surface area contributed by atoms with Gasteiger partial charge in [0.15, 0.2) is 0 Å². The summed E-state index contributed by atoms with van der Waals surface area (Å²) < 4.78 is 13.6. The van der Waals surface area contributed by atoms with E-state index in [1.165, 1.54) is 6.07 Å². The Bertz CT molecular complexity index is 359. The number of hydrogen-bond acceptors (Lipinski definition) is 3. The first-order valence-corrected chi connectivity index (χ1v) is 5.25. The van der Waals surface area contributed by atoms with Crippen molar-refractivity contribution in [2.75, 3.05) is 6.26 Å². The summed E-state index contributed by atoms with van der Waals surface area (Å²) in [7, 11) is 0. The number of halogens is 2. The molecule has 0 heterocycles. The molecule has 0 radical (unpaired) electrons. The second-order valence-corrected chi connectivity index (χ2v) is 3.96. The minimum absolute atomic E-state index is 0.317. The Labute approximate surface area is 86.6 Å². The zero-order chi connectivity index (χ0) is 10.0. The van der Waals surface area contributed by atoms with E-state index in [0.717, 1.165) is 17.8 Å². The van der Waals surface area contributed by atoms with Crippen molar-refractivity contribution in [2.45, 2.75) is 4.90 Å². The Hall–Kier alpha value is -0.620. The molecule has 0 spiro atoms. The molecule has 0 N–H and O–H groups in total. The van der Waals surface area contributed by atoms with Crippen LogP contribution in [-0.2, 0) is 0 Å². The summed E-state index contributed by atoms with van der Waals surface area (Å²) >= 11 is 4.20. The molecule has 0 aliphatic carbocycles. The first kappa shape index (κ1) is 10.5. The van der Waals surface area contributed by atoms with E-state index in [9.17, 15) is 14.5 Å². The Kier molecular flexibility index (Phi) is 3.27. The lowest BCUT2D eigenvalue weighted by Gasteiger charge is -2.00. The highest BCUT2D eigenvalue weighted by molar-refractivity contribution is 9.10. The van der Waals surface area contributed by atoms with E-state index in [4.69, 9.17) is 0 Å². The van der Waals surface area contributed by atoms with E-state index in [0.29, 0.717) is 9.37 Å². The predicted molar refractivity (Wildman–Crippen MR) is 52.5 cm³/mol. The molecule has 0 aliphatic heterocycles. The van der Waals surface area contributed by atoms with Crippen LogP contribution in [0.2, 0.25) is 0 Å². The molecule has 0 fully saturated rings. The number of rotatable bonds is 2. The molecule has 1 aromatic carbocycles. The molecule has 0 unspecified atom stereocenters. The van der Waals surface area contributed by atoms with Crippen molar-refractivity contribution in [3.05, 3.63) is 32.5 Å². The summed E-state index contributed by atoms with van der Waals surface area (Å²) in [6.07, 6.45) is 1.66. The van der Waals surface area contributed by atoms with Crippen molar-refractivity contribution in [1.82, 2.24) is 0 Å². The number of hydrogen-bond donors (Lipinski definition) is 0. The number of nitrogens with zero attached hydrogens (tertiary/aromatic N) is 1. The molecule has 0 saturated carbocycles. The van der Waals surface area contributed by atoms with E-state index < -0.39 is 16.4 Å². The fraction of sp³-hybridized carbons (Fsp3) is 0.143. The quantitative estimate of drug-likeness (QED) is 0.469. The monoisotopic (exact) mass is 265 g/mol. The molecule has 0 atom stereocenters. The third kappa shape index (κ3) is 2.19. The van der Waals surface area contributed by atoms with Crippen LogP contribution in [0.15, 0.2) is 21.5 Å². The first-order chi connectivity index (χ1) is 6.06. The minimum atomic E-state index is -0.816. The SMILES string of the molecule is CSc1cc(Br)cc(F)c1[N+](=O)[O-]. The molecule has 0 bridgehead atoms. The largest absolute Gasteiger partial charge is 0.318 e. The third-order valence-electron chi connectivity index (χ3n) is 1.40. The molecule has 3 nitrogen and oxygen atoms in total. The van der Waals surface area contributed by atoms with Gasteiger partial charge in [0, 0.05) is 4.47 Å². The van der Waals surface area contributed by atoms with Crippen molar-refractivity contribution in [1.29, 1.82) is 0 Å². The van der Waals surface area contributed by atoms with Crippen LogP contribution in [0.3, 0.4) is 0 Å². The van der Waals surface area contributed by atoms with Gasteiger partial charge in [-0.2, -0.15) is 4.39 Å². The van der Waals surface area contributed by atoms with E-state index in [2.05, 4.69) is 15.9 Å². The molecule has 6 heteroatoms. The highest BCUT2D eigenvalue weighted by atomic mass is 79.9. The Morgan fingerprint density at radius 3 is 2.69 bits per heavy atom. The van der Waals surface area contributed by atoms with Crippen LogP contribution in [0.25, 0.3) is 0 Å². The zero-order valence-electron chi connectivity index (χ0n) is 6.58. The molecular weight excluding hydrogens is 261 g/mol. The fourth-order valence-electron chi connectivity index (χ4n) is 0.875. The van der Waals surface area contributed by atoms with Gasteiger partial charge in [0.1, 0.15) is 0 Å². The fourth-order valence-corrected chi connectivity index (χ4v) is 2.07. The molecule has 1 rings (SSSR count). The minimum Gasteiger partial charge on any atom is -0.258 e. The molecule has 0 aromatic heterocycles. The maximum atomic E-state index is 13.1. The van der Waals surface area contributed by atoms with Crippen LogP contribution in [0.4, 0.5) is 10.1 Å². The van der Waals surface area contributed by atoms with E-state index in [-0.39, 0.29) is 0 Å². The topological polar surface area (TPSA) is 43.1 Å². The lowest BCUT2D eigenvalue weighted by atomic mass is 10.3. The van der Waals surface area contributed by atoms with Crippen molar-refractivity contribution in [2.24, 2.45) is 0 Å². The average Bonchev–Trinajstić information content (AvgIpc) is 2.01. The Morgan fingerprint density at radius 1 is 1.62 bits per heavy atom. The van der Waals surface area contributed by atoms with E-state index in [1.807, 2.05) is 0 Å². The summed E-state index contributed by atoms with van der Waals surface area (Å²) in [5.74, 6) is -0.816. The predicted octanol–water partition coefficient (Wildman–Crippen LogP) is 3.22. The van der Waals surface area contributed by atoms with E-state index >= 15 is 0 Å². The van der Waals surface area contributed by atoms with Gasteiger partial charge in [-0.05, 0) is 18.4 Å². The second-order valence-electron chi connectivity index (χ2n) is 2.20. The molecule has 0 saturated heterocycles. The van der Waals surface area contributed by atoms with E-state index in [1.54, 1.807) is 6.26 Å². The van der Waals surface area contributed by atoms with Crippen LogP contribution in [0, 0.1) is 15.9 Å². The van der Waals surface area contributed by atoms with Crippen LogP contribution >= 0.6 is 27.7 Å². The lowest BCUT2D eigenvalue weighted by Crippen LogP contribution is -1.94. The maximum Gasteiger partial charge on any atom is 0.318 e. The lowest BCUT2D eigenvalue weighted by molar-refractivity contribution is -0.390. The van der Waals surface area contributed by atoms with Crippen LogP contribution < -0.4 is 0 Å². The van der Waals surface area contributed by atoms with Crippen molar-refractivity contribution >= 4 is 33.4 Å². The Balaban J connectivity index is 3.38. The van der Waals surface area contributed by atoms with Crippen molar-refractivity contribution in [3.8, 4) is 0 Å². The summed E-state index contributed by atoms with van der Waals surface area (Å²) in [5.41, 5.74) is -0.462. The van der Waals surface area contributed by atoms with Gasteiger partial charge in [-0.25, -0.2) is 0 Å². The summed E-state index contributed by atoms with van der Waals surface area (Å²) in [5, 5.41) is 10.4. The van der Waals surface area contributed by atoms with Crippen molar-refractivity contribution < 1.29 is 9.31 Å². The van der Waals surface area contributed by atoms with Gasteiger partial charge in [0.25, 0.3) is 0 Å². The van der Waals surface area contributed by atoms with Gasteiger partial charge in [0.05, 0.1) is 9.82 Å². The number of nitro groups is 1. The molecule has 0 aliphatic rings. The molecule has 0 amide bonds. The standard InChI is InChI=1S/C7H5BrFNO2S/c1-13-6-3-4(8)2-5(9)7(6)10(11)12/h2-3H,1H3. The van der Waals surface area contributed by atoms with Crippen LogP contribution in [-0.4, -0.2) is 11.2 Å². The smallest absolute Gasteiger partial charge is 0.258 e. The first-order valence-electron chi connectivity index (χ1n) is 3.23. The molecular formula is C7H5BrFNO2S. The number of benzene rings is 1. The number of nitro benzene ring substituents is 1. The second kappa shape index (κ2) is 4.06. The summed E-state index contributed by atoms with van der Waals surface area (Å²) in [4.78, 5) is 10.1. The van der Waals surface area contributed by atoms with Crippen molar-refractivity contribution in [3.63, 3.8) is 0 Å².